The molecule has 35 heavy (non-hydrogen) atoms. The summed E-state index contributed by atoms with van der Waals surface area (Å²) in [7, 11) is 0. The van der Waals surface area contributed by atoms with Crippen LogP contribution in [0.15, 0.2) is 66.7 Å². The summed E-state index contributed by atoms with van der Waals surface area (Å²) in [6.45, 7) is 3.96. The summed E-state index contributed by atoms with van der Waals surface area (Å²) in [5, 5.41) is 10.0. The summed E-state index contributed by atoms with van der Waals surface area (Å²) in [6.07, 6.45) is 0.468. The lowest BCUT2D eigenvalue weighted by Crippen LogP contribution is -2.57. The monoisotopic (exact) mass is 471 g/mol. The second-order valence-corrected chi connectivity index (χ2v) is 9.63. The number of nitrogens with two attached hydrogens (primary N) is 1. The van der Waals surface area contributed by atoms with Gasteiger partial charge in [0, 0.05) is 5.92 Å². The van der Waals surface area contributed by atoms with Gasteiger partial charge in [-0.05, 0) is 66.1 Å². The Bertz CT molecular complexity index is 1250. The number of aliphatic carboxylic acids is 1. The minimum absolute atomic E-state index is 0.0570. The van der Waals surface area contributed by atoms with Crippen molar-refractivity contribution in [3.05, 3.63) is 89.0 Å². The van der Waals surface area contributed by atoms with Crippen LogP contribution in [-0.4, -0.2) is 35.3 Å². The van der Waals surface area contributed by atoms with Crippen molar-refractivity contribution in [2.45, 2.75) is 50.2 Å². The maximum Gasteiger partial charge on any atom is 0.324 e. The van der Waals surface area contributed by atoms with Crippen LogP contribution in [-0.2, 0) is 20.7 Å². The molecule has 6 nitrogen and oxygen atoms in total. The van der Waals surface area contributed by atoms with E-state index in [9.17, 15) is 14.7 Å². The third-order valence-corrected chi connectivity index (χ3v) is 7.14. The first-order valence-corrected chi connectivity index (χ1v) is 12.0. The molecular weight excluding hydrogens is 442 g/mol. The third kappa shape index (κ3) is 3.88. The number of rotatable bonds is 6. The molecule has 2 unspecified atom stereocenters. The van der Waals surface area contributed by atoms with E-state index in [1.165, 1.54) is 0 Å². The van der Waals surface area contributed by atoms with Crippen LogP contribution in [0, 0.1) is 0 Å². The molecule has 2 aliphatic carbocycles. The second-order valence-electron chi connectivity index (χ2n) is 9.63. The van der Waals surface area contributed by atoms with Gasteiger partial charge >= 0.3 is 11.9 Å². The molecule has 3 aromatic rings. The standard InChI is InChI=1S/C29H29NO5/c1-17(2)35-25-13-7-12-23-22(25)14-15-29(30,28(32)33)26(23)27(31)34-16-24-20-10-5-3-8-18(20)19-9-4-6-11-21(19)24/h3-13,17,24,26H,14-16,30H2,1-2H3,(H,32,33). The zero-order valence-electron chi connectivity index (χ0n) is 19.9. The number of hydrogen-bond donors (Lipinski definition) is 2. The van der Waals surface area contributed by atoms with Crippen LogP contribution in [0.3, 0.4) is 0 Å². The number of carboxylic acids is 1. The topological polar surface area (TPSA) is 98.9 Å². The number of fused-ring (bicyclic) bond motifs is 4. The maximum absolute atomic E-state index is 13.6. The summed E-state index contributed by atoms with van der Waals surface area (Å²) < 4.78 is 11.8. The molecule has 0 amide bonds. The molecule has 0 saturated heterocycles. The van der Waals surface area contributed by atoms with Gasteiger partial charge in [-0.1, -0.05) is 60.7 Å². The van der Waals surface area contributed by atoms with Crippen LogP contribution in [0.5, 0.6) is 5.75 Å². The molecule has 6 heteroatoms. The van der Waals surface area contributed by atoms with E-state index in [2.05, 4.69) is 12.1 Å². The van der Waals surface area contributed by atoms with E-state index >= 15 is 0 Å². The van der Waals surface area contributed by atoms with Crippen molar-refractivity contribution >= 4 is 11.9 Å². The molecule has 0 heterocycles. The lowest BCUT2D eigenvalue weighted by Gasteiger charge is -2.38. The van der Waals surface area contributed by atoms with Gasteiger partial charge in [0.15, 0.2) is 0 Å². The van der Waals surface area contributed by atoms with Gasteiger partial charge in [0.05, 0.1) is 6.10 Å². The van der Waals surface area contributed by atoms with Gasteiger partial charge in [0.1, 0.15) is 23.8 Å². The lowest BCUT2D eigenvalue weighted by atomic mass is 9.69. The highest BCUT2D eigenvalue weighted by molar-refractivity contribution is 5.92. The Hall–Kier alpha value is -3.64. The Morgan fingerprint density at radius 3 is 2.17 bits per heavy atom. The van der Waals surface area contributed by atoms with E-state index < -0.39 is 23.4 Å². The van der Waals surface area contributed by atoms with Gasteiger partial charge in [0.2, 0.25) is 0 Å². The molecule has 0 aromatic heterocycles. The molecule has 0 spiro atoms. The first-order chi connectivity index (χ1) is 16.8. The number of carbonyl (C=O) groups excluding carboxylic acids is 1. The van der Waals surface area contributed by atoms with Gasteiger partial charge in [-0.15, -0.1) is 0 Å². The summed E-state index contributed by atoms with van der Waals surface area (Å²) in [5.41, 5.74) is 10.5. The fourth-order valence-electron chi connectivity index (χ4n) is 5.49. The Kier molecular flexibility index (Phi) is 5.85. The van der Waals surface area contributed by atoms with Gasteiger partial charge in [0.25, 0.3) is 0 Å². The van der Waals surface area contributed by atoms with E-state index in [0.29, 0.717) is 17.7 Å². The number of hydrogen-bond acceptors (Lipinski definition) is 5. The van der Waals surface area contributed by atoms with Crippen LogP contribution >= 0.6 is 0 Å². The molecule has 0 radical (unpaired) electrons. The van der Waals surface area contributed by atoms with E-state index in [1.807, 2.05) is 56.3 Å². The van der Waals surface area contributed by atoms with Crippen LogP contribution in [0.25, 0.3) is 11.1 Å². The molecule has 0 aliphatic heterocycles. The maximum atomic E-state index is 13.6. The quantitative estimate of drug-likeness (QED) is 0.508. The van der Waals surface area contributed by atoms with Crippen LogP contribution < -0.4 is 10.5 Å². The molecule has 0 bridgehead atoms. The molecule has 5 rings (SSSR count). The Labute approximate surface area is 204 Å². The van der Waals surface area contributed by atoms with Gasteiger partial charge in [-0.3, -0.25) is 9.59 Å². The van der Waals surface area contributed by atoms with E-state index in [1.54, 1.807) is 12.1 Å². The molecule has 0 fully saturated rings. The SMILES string of the molecule is CC(C)Oc1cccc2c1CCC(N)(C(=O)O)C2C(=O)OCC1c2ccccc2-c2ccccc21. The van der Waals surface area contributed by atoms with Gasteiger partial charge < -0.3 is 20.3 Å². The highest BCUT2D eigenvalue weighted by atomic mass is 16.5. The average molecular weight is 472 g/mol. The normalized spacial score (nSPS) is 20.6. The summed E-state index contributed by atoms with van der Waals surface area (Å²) in [5.74, 6) is -2.44. The zero-order chi connectivity index (χ0) is 24.7. The minimum Gasteiger partial charge on any atom is -0.491 e. The van der Waals surface area contributed by atoms with Crippen LogP contribution in [0.4, 0.5) is 0 Å². The summed E-state index contributed by atoms with van der Waals surface area (Å²) >= 11 is 0. The average Bonchev–Trinajstić information content (AvgIpc) is 3.16. The van der Waals surface area contributed by atoms with E-state index in [0.717, 1.165) is 27.8 Å². The van der Waals surface area contributed by atoms with Gasteiger partial charge in [-0.2, -0.15) is 0 Å². The fourth-order valence-corrected chi connectivity index (χ4v) is 5.49. The van der Waals surface area contributed by atoms with Gasteiger partial charge in [-0.25, -0.2) is 0 Å². The second kappa shape index (κ2) is 8.86. The molecule has 2 atom stereocenters. The lowest BCUT2D eigenvalue weighted by molar-refractivity contribution is -0.156. The number of carbonyl (C=O) groups is 2. The van der Waals surface area contributed by atoms with Crippen molar-refractivity contribution in [2.24, 2.45) is 5.73 Å². The van der Waals surface area contributed by atoms with Crippen molar-refractivity contribution in [3.63, 3.8) is 0 Å². The third-order valence-electron chi connectivity index (χ3n) is 7.14. The first kappa shape index (κ1) is 23.1. The summed E-state index contributed by atoms with van der Waals surface area (Å²) in [4.78, 5) is 25.9. The Morgan fingerprint density at radius 1 is 0.971 bits per heavy atom. The molecule has 3 aromatic carbocycles. The first-order valence-electron chi connectivity index (χ1n) is 12.0. The fraction of sp³-hybridized carbons (Fsp3) is 0.310. The number of benzene rings is 3. The van der Waals surface area contributed by atoms with Crippen molar-refractivity contribution in [1.29, 1.82) is 0 Å². The Morgan fingerprint density at radius 2 is 1.57 bits per heavy atom. The summed E-state index contributed by atoms with van der Waals surface area (Å²) in [6, 6.07) is 21.5. The largest absolute Gasteiger partial charge is 0.491 e. The van der Waals surface area contributed by atoms with E-state index in [4.69, 9.17) is 15.2 Å². The molecule has 180 valence electrons. The number of carboxylic acid groups (broad SMARTS) is 1. The Balaban J connectivity index is 1.47. The minimum atomic E-state index is -1.76. The van der Waals surface area contributed by atoms with Crippen molar-refractivity contribution in [1.82, 2.24) is 0 Å². The van der Waals surface area contributed by atoms with E-state index in [-0.39, 0.29) is 25.0 Å². The highest BCUT2D eigenvalue weighted by Crippen LogP contribution is 2.46. The van der Waals surface area contributed by atoms with Crippen molar-refractivity contribution in [2.75, 3.05) is 6.61 Å². The molecule has 2 aliphatic rings. The predicted octanol–water partition coefficient (Wildman–Crippen LogP) is 4.64. The van der Waals surface area contributed by atoms with Crippen LogP contribution in [0.2, 0.25) is 0 Å². The van der Waals surface area contributed by atoms with Crippen molar-refractivity contribution in [3.8, 4) is 16.9 Å². The van der Waals surface area contributed by atoms with Crippen LogP contribution in [0.1, 0.15) is 54.4 Å². The zero-order valence-corrected chi connectivity index (χ0v) is 19.9. The molecular formula is C29H29NO5. The molecule has 3 N–H and O–H groups in total. The number of ether oxygens (including phenoxy) is 2. The molecule has 0 saturated carbocycles. The smallest absolute Gasteiger partial charge is 0.324 e. The number of esters is 1. The predicted molar refractivity (Wildman–Crippen MR) is 133 cm³/mol. The highest BCUT2D eigenvalue weighted by Gasteiger charge is 2.51. The van der Waals surface area contributed by atoms with Crippen molar-refractivity contribution < 1.29 is 24.2 Å².